The molecule has 1 atom stereocenters. The number of carbonyl (C=O) groups excluding carboxylic acids is 3. The number of esters is 1. The van der Waals surface area contributed by atoms with Crippen molar-refractivity contribution in [1.82, 2.24) is 5.32 Å². The van der Waals surface area contributed by atoms with Crippen LogP contribution >= 0.6 is 0 Å². The lowest BCUT2D eigenvalue weighted by Crippen LogP contribution is -2.41. The lowest BCUT2D eigenvalue weighted by atomic mass is 10.1. The van der Waals surface area contributed by atoms with Gasteiger partial charge in [0.15, 0.2) is 0 Å². The van der Waals surface area contributed by atoms with Crippen LogP contribution in [0, 0.1) is 0 Å². The van der Waals surface area contributed by atoms with Crippen LogP contribution in [0.15, 0.2) is 42.5 Å². The molecule has 2 rings (SSSR count). The molecule has 2 aromatic rings. The first-order valence-electron chi connectivity index (χ1n) is 7.38. The molecule has 0 saturated carbocycles. The van der Waals surface area contributed by atoms with E-state index in [0.717, 1.165) is 10.8 Å². The van der Waals surface area contributed by atoms with Crippen LogP contribution in [0.5, 0.6) is 0 Å². The van der Waals surface area contributed by atoms with Gasteiger partial charge in [0.1, 0.15) is 11.8 Å². The fourth-order valence-corrected chi connectivity index (χ4v) is 2.31. The number of fused-ring (bicyclic) bond motifs is 1. The molecule has 0 aliphatic carbocycles. The number of benzene rings is 2. The Balaban J connectivity index is 2.15. The van der Waals surface area contributed by atoms with Crippen molar-refractivity contribution in [2.24, 2.45) is 0 Å². The van der Waals surface area contributed by atoms with Gasteiger partial charge >= 0.3 is 5.97 Å². The maximum Gasteiger partial charge on any atom is 0.328 e. The molecule has 0 saturated heterocycles. The molecule has 5 heteroatoms. The summed E-state index contributed by atoms with van der Waals surface area (Å²) in [6.07, 6.45) is 0.430. The normalized spacial score (nSPS) is 11.7. The van der Waals surface area contributed by atoms with Gasteiger partial charge in [0.2, 0.25) is 0 Å². The second kappa shape index (κ2) is 7.54. The van der Waals surface area contributed by atoms with Gasteiger partial charge in [0, 0.05) is 12.0 Å². The summed E-state index contributed by atoms with van der Waals surface area (Å²) in [6, 6.07) is 12.2. The molecule has 0 aliphatic rings. The molecule has 120 valence electrons. The monoisotopic (exact) mass is 313 g/mol. The number of hydrogen-bond acceptors (Lipinski definition) is 4. The minimum Gasteiger partial charge on any atom is -0.467 e. The SMILES string of the molecule is COC(=O)[C@H](CCC(C)=O)NC(=O)c1ccc2ccccc2c1. The van der Waals surface area contributed by atoms with Crippen molar-refractivity contribution >= 4 is 28.4 Å². The van der Waals surface area contributed by atoms with Crippen molar-refractivity contribution < 1.29 is 19.1 Å². The van der Waals surface area contributed by atoms with Gasteiger partial charge in [-0.15, -0.1) is 0 Å². The number of amides is 1. The number of nitrogens with one attached hydrogen (secondary N) is 1. The van der Waals surface area contributed by atoms with E-state index in [1.807, 2.05) is 30.3 Å². The lowest BCUT2D eigenvalue weighted by Gasteiger charge is -2.16. The predicted octanol–water partition coefficient (Wildman–Crippen LogP) is 2.48. The molecule has 0 fully saturated rings. The predicted molar refractivity (Wildman–Crippen MR) is 87.1 cm³/mol. The van der Waals surface area contributed by atoms with Crippen LogP contribution in [-0.4, -0.2) is 30.8 Å². The largest absolute Gasteiger partial charge is 0.467 e. The number of ketones is 1. The molecule has 0 heterocycles. The zero-order valence-corrected chi connectivity index (χ0v) is 13.2. The Morgan fingerprint density at radius 2 is 1.78 bits per heavy atom. The van der Waals surface area contributed by atoms with Crippen molar-refractivity contribution in [3.05, 3.63) is 48.0 Å². The van der Waals surface area contributed by atoms with Crippen molar-refractivity contribution in [3.8, 4) is 0 Å². The molecule has 5 nitrogen and oxygen atoms in total. The second-order valence-electron chi connectivity index (χ2n) is 5.35. The molecule has 0 spiro atoms. The molecule has 23 heavy (non-hydrogen) atoms. The first-order chi connectivity index (χ1) is 11.0. The fraction of sp³-hybridized carbons (Fsp3) is 0.278. The number of methoxy groups -OCH3 is 1. The zero-order chi connectivity index (χ0) is 16.8. The first kappa shape index (κ1) is 16.7. The van der Waals surface area contributed by atoms with Crippen molar-refractivity contribution in [2.45, 2.75) is 25.8 Å². The van der Waals surface area contributed by atoms with E-state index in [1.165, 1.54) is 14.0 Å². The third kappa shape index (κ3) is 4.39. The summed E-state index contributed by atoms with van der Waals surface area (Å²) in [7, 11) is 1.26. The Hall–Kier alpha value is -2.69. The van der Waals surface area contributed by atoms with E-state index in [9.17, 15) is 14.4 Å². The van der Waals surface area contributed by atoms with Crippen LogP contribution in [0.4, 0.5) is 0 Å². The van der Waals surface area contributed by atoms with Crippen LogP contribution in [0.3, 0.4) is 0 Å². The summed E-state index contributed by atoms with van der Waals surface area (Å²) >= 11 is 0. The topological polar surface area (TPSA) is 72.5 Å². The van der Waals surface area contributed by atoms with E-state index in [-0.39, 0.29) is 24.5 Å². The Morgan fingerprint density at radius 1 is 1.09 bits per heavy atom. The maximum absolute atomic E-state index is 12.4. The molecule has 0 aromatic heterocycles. The van der Waals surface area contributed by atoms with Crippen LogP contribution in [0.2, 0.25) is 0 Å². The Kier molecular flexibility index (Phi) is 5.46. The average molecular weight is 313 g/mol. The number of ether oxygens (including phenoxy) is 1. The summed E-state index contributed by atoms with van der Waals surface area (Å²) < 4.78 is 4.69. The van der Waals surface area contributed by atoms with Gasteiger partial charge in [-0.05, 0) is 36.2 Å². The minimum absolute atomic E-state index is 0.0427. The Bertz CT molecular complexity index is 739. The molecular formula is C18H19NO4. The Morgan fingerprint density at radius 3 is 2.43 bits per heavy atom. The van der Waals surface area contributed by atoms with Gasteiger partial charge < -0.3 is 14.8 Å². The summed E-state index contributed by atoms with van der Waals surface area (Å²) in [6.45, 7) is 1.44. The average Bonchev–Trinajstić information content (AvgIpc) is 2.57. The molecule has 0 radical (unpaired) electrons. The standard InChI is InChI=1S/C18H19NO4/c1-12(20)7-10-16(18(22)23-2)19-17(21)15-9-8-13-5-3-4-6-14(13)11-15/h3-6,8-9,11,16H,7,10H2,1-2H3,(H,19,21)/t16-/m0/s1. The number of hydrogen-bond donors (Lipinski definition) is 1. The first-order valence-corrected chi connectivity index (χ1v) is 7.38. The second-order valence-corrected chi connectivity index (χ2v) is 5.35. The fourth-order valence-electron chi connectivity index (χ4n) is 2.31. The number of rotatable bonds is 6. The van der Waals surface area contributed by atoms with Crippen molar-refractivity contribution in [3.63, 3.8) is 0 Å². The number of carbonyl (C=O) groups is 3. The van der Waals surface area contributed by atoms with Gasteiger partial charge in [-0.25, -0.2) is 4.79 Å². The molecule has 1 N–H and O–H groups in total. The molecule has 0 aliphatic heterocycles. The summed E-state index contributed by atoms with van der Waals surface area (Å²) in [4.78, 5) is 35.2. The summed E-state index contributed by atoms with van der Waals surface area (Å²) in [5, 5.41) is 4.61. The smallest absolute Gasteiger partial charge is 0.328 e. The highest BCUT2D eigenvalue weighted by Crippen LogP contribution is 2.16. The van der Waals surface area contributed by atoms with E-state index < -0.39 is 12.0 Å². The molecule has 0 unspecified atom stereocenters. The zero-order valence-electron chi connectivity index (χ0n) is 13.2. The van der Waals surface area contributed by atoms with Crippen LogP contribution in [0.25, 0.3) is 10.8 Å². The van der Waals surface area contributed by atoms with E-state index in [0.29, 0.717) is 5.56 Å². The van der Waals surface area contributed by atoms with E-state index >= 15 is 0 Å². The molecule has 2 aromatic carbocycles. The van der Waals surface area contributed by atoms with Crippen molar-refractivity contribution in [2.75, 3.05) is 7.11 Å². The van der Waals surface area contributed by atoms with Gasteiger partial charge in [0.05, 0.1) is 7.11 Å². The summed E-state index contributed by atoms with van der Waals surface area (Å²) in [5.74, 6) is -0.964. The highest BCUT2D eigenvalue weighted by Gasteiger charge is 2.22. The third-order valence-electron chi connectivity index (χ3n) is 3.59. The van der Waals surface area contributed by atoms with Crippen LogP contribution in [-0.2, 0) is 14.3 Å². The third-order valence-corrected chi connectivity index (χ3v) is 3.59. The van der Waals surface area contributed by atoms with Gasteiger partial charge in [-0.1, -0.05) is 30.3 Å². The lowest BCUT2D eigenvalue weighted by molar-refractivity contribution is -0.143. The van der Waals surface area contributed by atoms with Gasteiger partial charge in [-0.3, -0.25) is 4.79 Å². The molecule has 0 bridgehead atoms. The van der Waals surface area contributed by atoms with E-state index in [4.69, 9.17) is 0 Å². The Labute approximate surface area is 134 Å². The number of Topliss-reactive ketones (excluding diaryl/α,β-unsaturated/α-hetero) is 1. The maximum atomic E-state index is 12.4. The van der Waals surface area contributed by atoms with Crippen molar-refractivity contribution in [1.29, 1.82) is 0 Å². The van der Waals surface area contributed by atoms with E-state index in [1.54, 1.807) is 12.1 Å². The van der Waals surface area contributed by atoms with E-state index in [2.05, 4.69) is 10.1 Å². The molecular weight excluding hydrogens is 294 g/mol. The van der Waals surface area contributed by atoms with Crippen LogP contribution < -0.4 is 5.32 Å². The highest BCUT2D eigenvalue weighted by atomic mass is 16.5. The minimum atomic E-state index is -0.831. The highest BCUT2D eigenvalue weighted by molar-refractivity contribution is 6.00. The van der Waals surface area contributed by atoms with Crippen LogP contribution in [0.1, 0.15) is 30.1 Å². The van der Waals surface area contributed by atoms with Gasteiger partial charge in [0.25, 0.3) is 5.91 Å². The quantitative estimate of drug-likeness (QED) is 0.832. The van der Waals surface area contributed by atoms with Gasteiger partial charge in [-0.2, -0.15) is 0 Å². The summed E-state index contributed by atoms with van der Waals surface area (Å²) in [5.41, 5.74) is 0.459. The molecule has 1 amide bonds.